The molecule has 11 heteroatoms. The van der Waals surface area contributed by atoms with E-state index >= 15 is 0 Å². The van der Waals surface area contributed by atoms with Crippen molar-refractivity contribution in [1.82, 2.24) is 10.2 Å². The van der Waals surface area contributed by atoms with E-state index in [1.807, 2.05) is 18.4 Å². The Hall–Kier alpha value is -2.63. The van der Waals surface area contributed by atoms with Gasteiger partial charge in [-0.15, -0.1) is 10.2 Å². The van der Waals surface area contributed by atoms with Crippen LogP contribution in [0.5, 0.6) is 5.75 Å². The normalized spacial score (nSPS) is 16.1. The van der Waals surface area contributed by atoms with Gasteiger partial charge in [0.25, 0.3) is 15.9 Å². The molecule has 33 heavy (non-hydrogen) atoms. The van der Waals surface area contributed by atoms with Crippen LogP contribution in [0.4, 0.5) is 10.8 Å². The number of anilines is 2. The molecule has 4 rings (SSSR count). The number of ether oxygens (including phenoxy) is 1. The van der Waals surface area contributed by atoms with Gasteiger partial charge in [-0.25, -0.2) is 8.42 Å². The predicted octanol–water partition coefficient (Wildman–Crippen LogP) is 4.15. The Morgan fingerprint density at radius 1 is 1.18 bits per heavy atom. The van der Waals surface area contributed by atoms with Crippen LogP contribution < -0.4 is 14.4 Å². The first-order chi connectivity index (χ1) is 15.6. The third kappa shape index (κ3) is 4.85. The summed E-state index contributed by atoms with van der Waals surface area (Å²) in [5.74, 6) is -0.159. The van der Waals surface area contributed by atoms with Gasteiger partial charge < -0.3 is 4.74 Å². The first kappa shape index (κ1) is 23.5. The minimum atomic E-state index is -3.93. The van der Waals surface area contributed by atoms with Gasteiger partial charge in [0.05, 0.1) is 17.1 Å². The maximum absolute atomic E-state index is 13.6. The molecule has 0 fully saturated rings. The second-order valence-electron chi connectivity index (χ2n) is 8.45. The van der Waals surface area contributed by atoms with E-state index in [-0.39, 0.29) is 16.9 Å². The first-order valence-electron chi connectivity index (χ1n) is 10.2. The highest BCUT2D eigenvalue weighted by Crippen LogP contribution is 2.40. The summed E-state index contributed by atoms with van der Waals surface area (Å²) in [6.07, 6.45) is 0.809. The third-order valence-corrected chi connectivity index (χ3v) is 8.74. The molecule has 1 atom stereocenters. The maximum atomic E-state index is 13.6. The molecule has 2 heterocycles. The average Bonchev–Trinajstić information content (AvgIpc) is 3.25. The van der Waals surface area contributed by atoms with Gasteiger partial charge in [0.15, 0.2) is 10.4 Å². The fourth-order valence-corrected chi connectivity index (χ4v) is 5.99. The molecule has 2 aromatic carbocycles. The molecule has 1 N–H and O–H groups in total. The van der Waals surface area contributed by atoms with Crippen molar-refractivity contribution in [1.29, 1.82) is 0 Å². The molecule has 1 aliphatic heterocycles. The van der Waals surface area contributed by atoms with Crippen LogP contribution in [0.1, 0.15) is 26.3 Å². The smallest absolute Gasteiger partial charge is 0.269 e. The SMILES string of the molecule is CSc1nnc(NC(=O)[C@H]2CN(S(=O)(=O)c3ccccc3)c3cc(C(C)(C)C)ccc3O2)s1. The summed E-state index contributed by atoms with van der Waals surface area (Å²) in [4.78, 5) is 13.1. The van der Waals surface area contributed by atoms with Crippen molar-refractivity contribution in [3.63, 3.8) is 0 Å². The fourth-order valence-electron chi connectivity index (χ4n) is 3.33. The van der Waals surface area contributed by atoms with Crippen LogP contribution in [-0.4, -0.2) is 43.4 Å². The number of fused-ring (bicyclic) bond motifs is 1. The molecule has 1 aliphatic rings. The van der Waals surface area contributed by atoms with E-state index in [9.17, 15) is 13.2 Å². The Morgan fingerprint density at radius 3 is 2.55 bits per heavy atom. The summed E-state index contributed by atoms with van der Waals surface area (Å²) in [6, 6.07) is 13.6. The Balaban J connectivity index is 1.72. The molecule has 3 aromatic rings. The highest BCUT2D eigenvalue weighted by molar-refractivity contribution is 8.00. The van der Waals surface area contributed by atoms with Crippen molar-refractivity contribution in [2.45, 2.75) is 41.5 Å². The average molecular weight is 505 g/mol. The summed E-state index contributed by atoms with van der Waals surface area (Å²) in [7, 11) is -3.93. The summed E-state index contributed by atoms with van der Waals surface area (Å²) in [6.45, 7) is 5.98. The molecule has 0 saturated heterocycles. The standard InChI is InChI=1S/C22H24N4O4S3/c1-22(2,3)14-10-11-17-16(12-14)26(33(28,29)15-8-6-5-7-9-15)13-18(30-17)19(27)23-20-24-25-21(31-4)32-20/h5-12,18H,13H2,1-4H3,(H,23,24,27)/t18-/m1/s1. The van der Waals surface area contributed by atoms with E-state index < -0.39 is 22.0 Å². The van der Waals surface area contributed by atoms with Crippen LogP contribution in [-0.2, 0) is 20.2 Å². The highest BCUT2D eigenvalue weighted by Gasteiger charge is 2.38. The van der Waals surface area contributed by atoms with E-state index in [1.54, 1.807) is 36.4 Å². The zero-order chi connectivity index (χ0) is 23.8. The Morgan fingerprint density at radius 2 is 1.91 bits per heavy atom. The van der Waals surface area contributed by atoms with Gasteiger partial charge in [0.2, 0.25) is 5.13 Å². The number of hydrogen-bond acceptors (Lipinski definition) is 8. The molecule has 0 saturated carbocycles. The van der Waals surface area contributed by atoms with Gasteiger partial charge in [-0.05, 0) is 41.5 Å². The number of thioether (sulfide) groups is 1. The molecular formula is C22H24N4O4S3. The van der Waals surface area contributed by atoms with Crippen LogP contribution in [0.15, 0.2) is 57.8 Å². The van der Waals surface area contributed by atoms with Gasteiger partial charge in [-0.1, -0.05) is 68.1 Å². The molecule has 1 aromatic heterocycles. The van der Waals surface area contributed by atoms with Gasteiger partial charge in [-0.2, -0.15) is 0 Å². The number of sulfonamides is 1. The number of carbonyl (C=O) groups excluding carboxylic acids is 1. The van der Waals surface area contributed by atoms with Crippen LogP contribution in [0.3, 0.4) is 0 Å². The van der Waals surface area contributed by atoms with E-state index in [0.29, 0.717) is 20.9 Å². The number of amides is 1. The Labute approximate surface area is 201 Å². The van der Waals surface area contributed by atoms with Gasteiger partial charge in [-0.3, -0.25) is 14.4 Å². The van der Waals surface area contributed by atoms with Crippen LogP contribution >= 0.6 is 23.1 Å². The summed E-state index contributed by atoms with van der Waals surface area (Å²) < 4.78 is 35.1. The lowest BCUT2D eigenvalue weighted by molar-refractivity contribution is -0.122. The van der Waals surface area contributed by atoms with E-state index in [0.717, 1.165) is 5.56 Å². The summed E-state index contributed by atoms with van der Waals surface area (Å²) in [5.41, 5.74) is 1.17. The van der Waals surface area contributed by atoms with Crippen molar-refractivity contribution in [3.05, 3.63) is 54.1 Å². The van der Waals surface area contributed by atoms with Crippen LogP contribution in [0, 0.1) is 0 Å². The number of rotatable bonds is 5. The van der Waals surface area contributed by atoms with E-state index in [4.69, 9.17) is 4.74 Å². The third-order valence-electron chi connectivity index (χ3n) is 5.13. The van der Waals surface area contributed by atoms with Crippen LogP contribution in [0.2, 0.25) is 0 Å². The minimum absolute atomic E-state index is 0.145. The predicted molar refractivity (Wildman–Crippen MR) is 131 cm³/mol. The lowest BCUT2D eigenvalue weighted by Gasteiger charge is -2.35. The van der Waals surface area contributed by atoms with E-state index in [2.05, 4.69) is 36.3 Å². The number of aromatic nitrogens is 2. The zero-order valence-electron chi connectivity index (χ0n) is 18.6. The Bertz CT molecular complexity index is 1270. The second-order valence-corrected chi connectivity index (χ2v) is 12.3. The summed E-state index contributed by atoms with van der Waals surface area (Å²) in [5, 5.41) is 10.9. The monoisotopic (exact) mass is 504 g/mol. The zero-order valence-corrected chi connectivity index (χ0v) is 21.1. The van der Waals surface area contributed by atoms with Crippen molar-refractivity contribution in [2.24, 2.45) is 0 Å². The van der Waals surface area contributed by atoms with Gasteiger partial charge in [0, 0.05) is 0 Å². The largest absolute Gasteiger partial charge is 0.476 e. The maximum Gasteiger partial charge on any atom is 0.269 e. The van der Waals surface area contributed by atoms with E-state index in [1.165, 1.54) is 27.4 Å². The first-order valence-corrected chi connectivity index (χ1v) is 13.6. The highest BCUT2D eigenvalue weighted by atomic mass is 32.2. The quantitative estimate of drug-likeness (QED) is 0.411. The molecule has 0 spiro atoms. The second kappa shape index (κ2) is 8.96. The minimum Gasteiger partial charge on any atom is -0.476 e. The molecule has 0 radical (unpaired) electrons. The topological polar surface area (TPSA) is 101 Å². The number of nitrogens with zero attached hydrogens (tertiary/aromatic N) is 3. The molecular weight excluding hydrogens is 480 g/mol. The van der Waals surface area contributed by atoms with Crippen LogP contribution in [0.25, 0.3) is 0 Å². The number of nitrogens with one attached hydrogen (secondary N) is 1. The van der Waals surface area contributed by atoms with Crippen molar-refractivity contribution in [2.75, 3.05) is 22.4 Å². The van der Waals surface area contributed by atoms with Gasteiger partial charge in [0.1, 0.15) is 5.75 Å². The van der Waals surface area contributed by atoms with Gasteiger partial charge >= 0.3 is 0 Å². The van der Waals surface area contributed by atoms with Crippen molar-refractivity contribution in [3.8, 4) is 5.75 Å². The fraction of sp³-hybridized carbons (Fsp3) is 0.318. The number of hydrogen-bond donors (Lipinski definition) is 1. The summed E-state index contributed by atoms with van der Waals surface area (Å²) >= 11 is 2.66. The van der Waals surface area contributed by atoms with Crippen molar-refractivity contribution >= 4 is 49.8 Å². The number of carbonyl (C=O) groups is 1. The molecule has 0 bridgehead atoms. The van der Waals surface area contributed by atoms with Crippen molar-refractivity contribution < 1.29 is 17.9 Å². The molecule has 0 unspecified atom stereocenters. The molecule has 8 nitrogen and oxygen atoms in total. The lowest BCUT2D eigenvalue weighted by Crippen LogP contribution is -2.49. The molecule has 1 amide bonds. The molecule has 0 aliphatic carbocycles. The Kier molecular flexibility index (Phi) is 6.39. The lowest BCUT2D eigenvalue weighted by atomic mass is 9.86. The molecule has 174 valence electrons. The number of benzene rings is 2.